The molecule has 0 radical (unpaired) electrons. The molecule has 1 unspecified atom stereocenters. The Bertz CT molecular complexity index is 1330. The summed E-state index contributed by atoms with van der Waals surface area (Å²) in [6.07, 6.45) is -0.891. The van der Waals surface area contributed by atoms with Gasteiger partial charge < -0.3 is 10.3 Å². The predicted molar refractivity (Wildman–Crippen MR) is 123 cm³/mol. The van der Waals surface area contributed by atoms with E-state index >= 15 is 0 Å². The van der Waals surface area contributed by atoms with Gasteiger partial charge in [-0.25, -0.2) is 19.9 Å². The number of para-hydroxylation sites is 1. The Morgan fingerprint density at radius 1 is 1.09 bits per heavy atom. The highest BCUT2D eigenvalue weighted by molar-refractivity contribution is 8.01. The summed E-state index contributed by atoms with van der Waals surface area (Å²) < 4.78 is 42.0. The Labute approximate surface area is 191 Å². The molecule has 11 heteroatoms. The van der Waals surface area contributed by atoms with E-state index in [-0.39, 0.29) is 6.04 Å². The lowest BCUT2D eigenvalue weighted by Gasteiger charge is -2.33. The number of amidine groups is 1. The van der Waals surface area contributed by atoms with Crippen LogP contribution in [0.5, 0.6) is 0 Å². The fourth-order valence-electron chi connectivity index (χ4n) is 3.54. The summed E-state index contributed by atoms with van der Waals surface area (Å²) in [7, 11) is 0. The van der Waals surface area contributed by atoms with Gasteiger partial charge in [-0.2, -0.15) is 13.2 Å². The highest BCUT2D eigenvalue weighted by atomic mass is 32.2. The summed E-state index contributed by atoms with van der Waals surface area (Å²) in [4.78, 5) is 21.3. The lowest BCUT2D eigenvalue weighted by molar-refractivity contribution is -0.137. The number of aromatic nitrogens is 4. The molecule has 7 nitrogen and oxygen atoms in total. The maximum absolute atomic E-state index is 13.4. The number of imidazole rings is 1. The van der Waals surface area contributed by atoms with Crippen molar-refractivity contribution in [2.75, 3.05) is 9.62 Å². The first-order valence-corrected chi connectivity index (χ1v) is 10.9. The van der Waals surface area contributed by atoms with Crippen LogP contribution in [0.15, 0.2) is 71.1 Å². The standard InChI is InChI=1S/C22H18F3N7S/c1-2-15(30-20-18-19(27-11-26-18)28-12-29-20)21-31-16-8-3-4-9-17(16)33-32(21)14-7-5-6-13(10-14)22(23,24)25/h3-12,15H,2H2,1H3,(H2,26,27,28,29,30). The van der Waals surface area contributed by atoms with Gasteiger partial charge >= 0.3 is 6.18 Å². The maximum atomic E-state index is 13.4. The number of nitrogens with zero attached hydrogens (tertiary/aromatic N) is 5. The van der Waals surface area contributed by atoms with Crippen molar-refractivity contribution in [3.8, 4) is 0 Å². The summed E-state index contributed by atoms with van der Waals surface area (Å²) in [6.45, 7) is 1.97. The van der Waals surface area contributed by atoms with Crippen LogP contribution in [0.2, 0.25) is 0 Å². The third kappa shape index (κ3) is 4.11. The summed E-state index contributed by atoms with van der Waals surface area (Å²) in [5, 5.41) is 3.37. The minimum Gasteiger partial charge on any atom is -0.358 e. The molecule has 2 aromatic carbocycles. The normalized spacial score (nSPS) is 14.7. The maximum Gasteiger partial charge on any atom is 0.416 e. The van der Waals surface area contributed by atoms with Gasteiger partial charge in [0.25, 0.3) is 0 Å². The molecular weight excluding hydrogens is 451 g/mol. The van der Waals surface area contributed by atoms with Gasteiger partial charge in [-0.15, -0.1) is 0 Å². The summed E-state index contributed by atoms with van der Waals surface area (Å²) in [6, 6.07) is 12.5. The van der Waals surface area contributed by atoms with E-state index in [0.717, 1.165) is 22.7 Å². The first-order valence-electron chi connectivity index (χ1n) is 10.2. The van der Waals surface area contributed by atoms with Crippen LogP contribution >= 0.6 is 11.9 Å². The Kier molecular flexibility index (Phi) is 5.41. The zero-order valence-corrected chi connectivity index (χ0v) is 18.2. The second-order valence-corrected chi connectivity index (χ2v) is 8.29. The lowest BCUT2D eigenvalue weighted by atomic mass is 10.1. The quantitative estimate of drug-likeness (QED) is 0.359. The number of fused-ring (bicyclic) bond motifs is 2. The number of H-pyrrole nitrogens is 1. The minimum atomic E-state index is -4.44. The van der Waals surface area contributed by atoms with Gasteiger partial charge in [0.05, 0.1) is 34.2 Å². The SMILES string of the molecule is CCC(Nc1ncnc2nc[nH]c12)C1=Nc2ccccc2SN1c1cccc(C(F)(F)F)c1. The molecule has 1 atom stereocenters. The van der Waals surface area contributed by atoms with E-state index in [2.05, 4.69) is 25.3 Å². The van der Waals surface area contributed by atoms with Crippen molar-refractivity contribution in [3.63, 3.8) is 0 Å². The first-order chi connectivity index (χ1) is 15.9. The molecule has 2 aromatic heterocycles. The second-order valence-electron chi connectivity index (χ2n) is 7.30. The van der Waals surface area contributed by atoms with E-state index in [1.54, 1.807) is 10.4 Å². The lowest BCUT2D eigenvalue weighted by Crippen LogP contribution is -2.40. The van der Waals surface area contributed by atoms with Gasteiger partial charge in [0.1, 0.15) is 17.7 Å². The van der Waals surface area contributed by atoms with Crippen molar-refractivity contribution in [1.82, 2.24) is 19.9 Å². The molecule has 5 rings (SSSR count). The Balaban J connectivity index is 1.58. The van der Waals surface area contributed by atoms with Gasteiger partial charge in [-0.05, 0) is 48.7 Å². The highest BCUT2D eigenvalue weighted by Crippen LogP contribution is 2.42. The molecule has 0 amide bonds. The molecule has 168 valence electrons. The molecule has 0 saturated heterocycles. The molecule has 4 aromatic rings. The molecule has 0 fully saturated rings. The molecule has 1 aliphatic heterocycles. The predicted octanol–water partition coefficient (Wildman–Crippen LogP) is 5.82. The van der Waals surface area contributed by atoms with E-state index in [9.17, 15) is 13.2 Å². The van der Waals surface area contributed by atoms with E-state index in [1.807, 2.05) is 31.2 Å². The van der Waals surface area contributed by atoms with Crippen LogP contribution in [0.4, 0.5) is 30.4 Å². The van der Waals surface area contributed by atoms with E-state index in [1.165, 1.54) is 30.7 Å². The van der Waals surface area contributed by atoms with Crippen LogP contribution in [-0.4, -0.2) is 31.8 Å². The molecule has 0 aliphatic carbocycles. The van der Waals surface area contributed by atoms with Crippen molar-refractivity contribution in [1.29, 1.82) is 0 Å². The van der Waals surface area contributed by atoms with E-state index < -0.39 is 11.7 Å². The zero-order chi connectivity index (χ0) is 23.0. The average Bonchev–Trinajstić information content (AvgIpc) is 3.31. The second kappa shape index (κ2) is 8.39. The Morgan fingerprint density at radius 2 is 1.94 bits per heavy atom. The summed E-state index contributed by atoms with van der Waals surface area (Å²) in [5.74, 6) is 1.12. The van der Waals surface area contributed by atoms with Crippen LogP contribution in [-0.2, 0) is 6.18 Å². The van der Waals surface area contributed by atoms with Gasteiger partial charge in [-0.3, -0.25) is 4.31 Å². The molecule has 0 spiro atoms. The number of hydrogen-bond donors (Lipinski definition) is 2. The van der Waals surface area contributed by atoms with Gasteiger partial charge in [0.2, 0.25) is 0 Å². The number of nitrogens with one attached hydrogen (secondary N) is 2. The number of benzene rings is 2. The smallest absolute Gasteiger partial charge is 0.358 e. The number of alkyl halides is 3. The van der Waals surface area contributed by atoms with Crippen LogP contribution < -0.4 is 9.62 Å². The molecule has 3 heterocycles. The third-order valence-electron chi connectivity index (χ3n) is 5.16. The number of halogens is 3. The monoisotopic (exact) mass is 469 g/mol. The molecule has 0 bridgehead atoms. The molecule has 0 saturated carbocycles. The zero-order valence-electron chi connectivity index (χ0n) is 17.3. The van der Waals surface area contributed by atoms with Gasteiger partial charge in [0.15, 0.2) is 11.5 Å². The van der Waals surface area contributed by atoms with Gasteiger partial charge in [-0.1, -0.05) is 25.1 Å². The topological polar surface area (TPSA) is 82.1 Å². The van der Waals surface area contributed by atoms with E-state index in [4.69, 9.17) is 4.99 Å². The number of rotatable bonds is 5. The first kappa shape index (κ1) is 21.3. The summed E-state index contributed by atoms with van der Waals surface area (Å²) in [5.41, 5.74) is 1.59. The largest absolute Gasteiger partial charge is 0.416 e. The van der Waals surface area contributed by atoms with Crippen molar-refractivity contribution in [2.45, 2.75) is 30.5 Å². The number of aromatic amines is 1. The average molecular weight is 469 g/mol. The van der Waals surface area contributed by atoms with Crippen LogP contribution in [0.1, 0.15) is 18.9 Å². The molecule has 1 aliphatic rings. The Hall–Kier alpha value is -3.60. The number of aliphatic imine (C=N–C) groups is 1. The van der Waals surface area contributed by atoms with Crippen molar-refractivity contribution < 1.29 is 13.2 Å². The fourth-order valence-corrected chi connectivity index (χ4v) is 4.57. The molecule has 2 N–H and O–H groups in total. The third-order valence-corrected chi connectivity index (χ3v) is 6.28. The summed E-state index contributed by atoms with van der Waals surface area (Å²) >= 11 is 1.34. The number of anilines is 2. The highest BCUT2D eigenvalue weighted by Gasteiger charge is 2.33. The van der Waals surface area contributed by atoms with Crippen LogP contribution in [0.25, 0.3) is 11.2 Å². The van der Waals surface area contributed by atoms with Crippen molar-refractivity contribution in [3.05, 3.63) is 66.7 Å². The number of hydrogen-bond acceptors (Lipinski definition) is 7. The van der Waals surface area contributed by atoms with Crippen molar-refractivity contribution in [2.24, 2.45) is 4.99 Å². The molecule has 33 heavy (non-hydrogen) atoms. The Morgan fingerprint density at radius 3 is 2.76 bits per heavy atom. The van der Waals surface area contributed by atoms with E-state index in [0.29, 0.717) is 34.9 Å². The van der Waals surface area contributed by atoms with Gasteiger partial charge in [0, 0.05) is 0 Å². The minimum absolute atomic E-state index is 0.346. The van der Waals surface area contributed by atoms with Crippen LogP contribution in [0, 0.1) is 0 Å². The molecular formula is C22H18F3N7S. The van der Waals surface area contributed by atoms with Crippen LogP contribution in [0.3, 0.4) is 0 Å². The fraction of sp³-hybridized carbons (Fsp3) is 0.182. The van der Waals surface area contributed by atoms with Crippen molar-refractivity contribution >= 4 is 46.1 Å².